The van der Waals surface area contributed by atoms with Crippen molar-refractivity contribution in [1.82, 2.24) is 5.32 Å². The number of carbonyl (C=O) groups is 2. The van der Waals surface area contributed by atoms with Crippen molar-refractivity contribution < 1.29 is 28.5 Å². The molecule has 9 nitrogen and oxygen atoms in total. The van der Waals surface area contributed by atoms with Gasteiger partial charge in [0.2, 0.25) is 0 Å². The van der Waals surface area contributed by atoms with Gasteiger partial charge in [0.25, 0.3) is 5.91 Å². The highest BCUT2D eigenvalue weighted by Gasteiger charge is 2.23. The second kappa shape index (κ2) is 14.0. The van der Waals surface area contributed by atoms with Gasteiger partial charge in [-0.1, -0.05) is 30.3 Å². The Kier molecular flexibility index (Phi) is 11.7. The Bertz CT molecular complexity index is 936. The molecule has 2 aromatic rings. The molecule has 4 N–H and O–H groups in total. The Morgan fingerprint density at radius 1 is 1.06 bits per heavy atom. The summed E-state index contributed by atoms with van der Waals surface area (Å²) in [6.07, 6.45) is -0.882. The lowest BCUT2D eigenvalue weighted by molar-refractivity contribution is -0.145. The van der Waals surface area contributed by atoms with E-state index >= 15 is 0 Å². The molecule has 0 aliphatic rings. The van der Waals surface area contributed by atoms with Gasteiger partial charge in [-0.15, -0.1) is 12.4 Å². The molecule has 33 heavy (non-hydrogen) atoms. The molecule has 0 aliphatic carbocycles. The number of nitrogen functional groups attached to an aromatic ring is 1. The number of amidine groups is 1. The number of hydrogen-bond acceptors (Lipinski definition) is 7. The van der Waals surface area contributed by atoms with Crippen molar-refractivity contribution in [2.45, 2.75) is 26.5 Å². The second-order valence-electron chi connectivity index (χ2n) is 6.67. The molecule has 0 fully saturated rings. The summed E-state index contributed by atoms with van der Waals surface area (Å²) in [5.74, 6) is -0.133. The molecular formula is C23H30ClN3O6. The van der Waals surface area contributed by atoms with Crippen molar-refractivity contribution in [3.05, 3.63) is 59.2 Å². The van der Waals surface area contributed by atoms with E-state index in [4.69, 9.17) is 30.1 Å². The van der Waals surface area contributed by atoms with Crippen LogP contribution in [0.2, 0.25) is 0 Å². The molecule has 1 atom stereocenters. The predicted molar refractivity (Wildman–Crippen MR) is 126 cm³/mol. The van der Waals surface area contributed by atoms with Gasteiger partial charge in [0.15, 0.2) is 24.2 Å². The Morgan fingerprint density at radius 2 is 1.76 bits per heavy atom. The number of carbonyl (C=O) groups excluding carboxylic acids is 2. The summed E-state index contributed by atoms with van der Waals surface area (Å²) in [6, 6.07) is 12.0. The summed E-state index contributed by atoms with van der Waals surface area (Å²) >= 11 is 0. The summed E-state index contributed by atoms with van der Waals surface area (Å²) in [4.78, 5) is 24.5. The lowest BCUT2D eigenvalue weighted by Gasteiger charge is -2.19. The number of halogens is 1. The minimum absolute atomic E-state index is 0. The SMILES string of the molecule is CCOC(=O)COc1cc(C(OCC)C(=O)NCc2ccc(C(=N)N)cc2)ccc1OC.Cl. The first-order valence-corrected chi connectivity index (χ1v) is 10.2. The van der Waals surface area contributed by atoms with Crippen LogP contribution in [0.4, 0.5) is 0 Å². The Labute approximate surface area is 199 Å². The maximum absolute atomic E-state index is 12.9. The van der Waals surface area contributed by atoms with Crippen LogP contribution in [-0.4, -0.2) is 44.6 Å². The molecular weight excluding hydrogens is 450 g/mol. The Hall–Kier alpha value is -3.30. The number of rotatable bonds is 12. The predicted octanol–water partition coefficient (Wildman–Crippen LogP) is 2.74. The Morgan fingerprint density at radius 3 is 2.33 bits per heavy atom. The average Bonchev–Trinajstić information content (AvgIpc) is 2.80. The number of nitrogens with one attached hydrogen (secondary N) is 2. The first-order chi connectivity index (χ1) is 15.4. The maximum Gasteiger partial charge on any atom is 0.344 e. The second-order valence-corrected chi connectivity index (χ2v) is 6.67. The van der Waals surface area contributed by atoms with Crippen LogP contribution >= 0.6 is 12.4 Å². The number of hydrogen-bond donors (Lipinski definition) is 3. The normalized spacial score (nSPS) is 11.0. The topological polar surface area (TPSA) is 133 Å². The molecule has 10 heteroatoms. The van der Waals surface area contributed by atoms with Crippen LogP contribution in [0.15, 0.2) is 42.5 Å². The van der Waals surface area contributed by atoms with Crippen molar-refractivity contribution in [3.63, 3.8) is 0 Å². The first-order valence-electron chi connectivity index (χ1n) is 10.2. The summed E-state index contributed by atoms with van der Waals surface area (Å²) in [6.45, 7) is 4.07. The molecule has 0 aromatic heterocycles. The third-order valence-corrected chi connectivity index (χ3v) is 4.44. The van der Waals surface area contributed by atoms with Gasteiger partial charge < -0.3 is 30.0 Å². The highest BCUT2D eigenvalue weighted by molar-refractivity contribution is 5.94. The van der Waals surface area contributed by atoms with Crippen LogP contribution in [0.3, 0.4) is 0 Å². The van der Waals surface area contributed by atoms with Gasteiger partial charge >= 0.3 is 5.97 Å². The van der Waals surface area contributed by atoms with Crippen LogP contribution in [0, 0.1) is 5.41 Å². The summed E-state index contributed by atoms with van der Waals surface area (Å²) in [7, 11) is 1.48. The van der Waals surface area contributed by atoms with Crippen LogP contribution < -0.4 is 20.5 Å². The third-order valence-electron chi connectivity index (χ3n) is 4.44. The number of methoxy groups -OCH3 is 1. The van der Waals surface area contributed by atoms with E-state index in [0.717, 1.165) is 5.56 Å². The van der Waals surface area contributed by atoms with Crippen molar-refractivity contribution in [2.75, 3.05) is 26.9 Å². The first kappa shape index (κ1) is 27.7. The minimum Gasteiger partial charge on any atom is -0.493 e. The monoisotopic (exact) mass is 479 g/mol. The smallest absolute Gasteiger partial charge is 0.344 e. The zero-order valence-corrected chi connectivity index (χ0v) is 19.7. The maximum atomic E-state index is 12.9. The highest BCUT2D eigenvalue weighted by atomic mass is 35.5. The molecule has 1 unspecified atom stereocenters. The highest BCUT2D eigenvalue weighted by Crippen LogP contribution is 2.31. The van der Waals surface area contributed by atoms with Gasteiger partial charge in [0.05, 0.1) is 13.7 Å². The number of ether oxygens (including phenoxy) is 4. The van der Waals surface area contributed by atoms with E-state index in [-0.39, 0.29) is 43.9 Å². The van der Waals surface area contributed by atoms with Crippen molar-refractivity contribution >= 4 is 30.1 Å². The number of nitrogens with two attached hydrogens (primary N) is 1. The molecule has 0 heterocycles. The lowest BCUT2D eigenvalue weighted by atomic mass is 10.1. The molecule has 0 saturated carbocycles. The lowest BCUT2D eigenvalue weighted by Crippen LogP contribution is -2.30. The van der Waals surface area contributed by atoms with Gasteiger partial charge in [-0.3, -0.25) is 10.2 Å². The van der Waals surface area contributed by atoms with Crippen molar-refractivity contribution in [1.29, 1.82) is 5.41 Å². The van der Waals surface area contributed by atoms with Crippen LogP contribution in [0.1, 0.15) is 36.6 Å². The summed E-state index contributed by atoms with van der Waals surface area (Å²) < 4.78 is 21.4. The van der Waals surface area contributed by atoms with Gasteiger partial charge in [-0.2, -0.15) is 0 Å². The van der Waals surface area contributed by atoms with Crippen LogP contribution in [0.25, 0.3) is 0 Å². The molecule has 1 amide bonds. The fourth-order valence-electron chi connectivity index (χ4n) is 2.88. The van der Waals surface area contributed by atoms with Gasteiger partial charge in [0.1, 0.15) is 5.84 Å². The van der Waals surface area contributed by atoms with Crippen molar-refractivity contribution in [3.8, 4) is 11.5 Å². The minimum atomic E-state index is -0.882. The fraction of sp³-hybridized carbons (Fsp3) is 0.348. The van der Waals surface area contributed by atoms with Crippen molar-refractivity contribution in [2.24, 2.45) is 5.73 Å². The summed E-state index contributed by atoms with van der Waals surface area (Å²) in [5.41, 5.74) is 7.48. The molecule has 0 saturated heterocycles. The standard InChI is InChI=1S/C23H29N3O6.ClH/c1-4-30-20(27)14-32-19-12-17(10-11-18(19)29-3)21(31-5-2)23(28)26-13-15-6-8-16(9-7-15)22(24)25;/h6-12,21H,4-5,13-14H2,1-3H3,(H3,24,25)(H,26,28);1H. The van der Waals surface area contributed by atoms with Gasteiger partial charge in [-0.05, 0) is 37.1 Å². The summed E-state index contributed by atoms with van der Waals surface area (Å²) in [5, 5.41) is 10.3. The van der Waals surface area contributed by atoms with E-state index in [1.54, 1.807) is 56.3 Å². The number of amides is 1. The van der Waals surface area contributed by atoms with E-state index in [0.29, 0.717) is 29.2 Å². The molecule has 0 radical (unpaired) electrons. The van der Waals surface area contributed by atoms with E-state index < -0.39 is 12.1 Å². The number of benzene rings is 2. The molecule has 2 aromatic carbocycles. The van der Waals surface area contributed by atoms with Crippen LogP contribution in [-0.2, 0) is 25.6 Å². The average molecular weight is 480 g/mol. The number of esters is 1. The van der Waals surface area contributed by atoms with E-state index in [1.807, 2.05) is 0 Å². The van der Waals surface area contributed by atoms with Gasteiger partial charge in [0, 0.05) is 18.7 Å². The molecule has 0 bridgehead atoms. The van der Waals surface area contributed by atoms with Crippen LogP contribution in [0.5, 0.6) is 11.5 Å². The van der Waals surface area contributed by atoms with E-state index in [2.05, 4.69) is 5.32 Å². The van der Waals surface area contributed by atoms with E-state index in [1.165, 1.54) is 7.11 Å². The Balaban J connectivity index is 0.00000544. The molecule has 2 rings (SSSR count). The quantitative estimate of drug-likeness (QED) is 0.242. The third kappa shape index (κ3) is 8.28. The van der Waals surface area contributed by atoms with Gasteiger partial charge in [-0.25, -0.2) is 4.79 Å². The molecule has 180 valence electrons. The largest absolute Gasteiger partial charge is 0.493 e. The zero-order chi connectivity index (χ0) is 23.5. The zero-order valence-electron chi connectivity index (χ0n) is 18.9. The van der Waals surface area contributed by atoms with E-state index in [9.17, 15) is 9.59 Å². The fourth-order valence-corrected chi connectivity index (χ4v) is 2.88. The molecule has 0 spiro atoms. The molecule has 0 aliphatic heterocycles.